The Morgan fingerprint density at radius 1 is 0.372 bits per heavy atom. The van der Waals surface area contributed by atoms with Crippen LogP contribution in [0.5, 0.6) is 0 Å². The van der Waals surface area contributed by atoms with Gasteiger partial charge in [0.15, 0.2) is 0 Å². The first-order valence-corrected chi connectivity index (χ1v) is 14.6. The third-order valence-corrected chi connectivity index (χ3v) is 8.71. The van der Waals surface area contributed by atoms with Crippen LogP contribution in [0.4, 0.5) is 0 Å². The molecule has 200 valence electrons. The van der Waals surface area contributed by atoms with Gasteiger partial charge in [0.25, 0.3) is 0 Å². The number of aromatic nitrogens is 1. The van der Waals surface area contributed by atoms with E-state index >= 15 is 0 Å². The Labute approximate surface area is 248 Å². The maximum absolute atomic E-state index is 6.32. The number of hydrogen-bond donors (Lipinski definition) is 0. The van der Waals surface area contributed by atoms with Gasteiger partial charge in [0.2, 0.25) is 0 Å². The van der Waals surface area contributed by atoms with Gasteiger partial charge in [0.1, 0.15) is 11.2 Å². The van der Waals surface area contributed by atoms with Crippen LogP contribution in [-0.4, -0.2) is 4.98 Å². The zero-order valence-electron chi connectivity index (χ0n) is 23.3. The van der Waals surface area contributed by atoms with Crippen LogP contribution in [0.3, 0.4) is 0 Å². The van der Waals surface area contributed by atoms with Gasteiger partial charge < -0.3 is 4.42 Å². The number of rotatable bonds is 3. The number of fused-ring (bicyclic) bond motifs is 6. The van der Waals surface area contributed by atoms with Crippen LogP contribution in [0.15, 0.2) is 156 Å². The Bertz CT molecular complexity index is 2450. The lowest BCUT2D eigenvalue weighted by Crippen LogP contribution is -1.91. The number of nitrogens with zero attached hydrogens (tertiary/aromatic N) is 1. The van der Waals surface area contributed by atoms with Crippen LogP contribution >= 0.6 is 0 Å². The summed E-state index contributed by atoms with van der Waals surface area (Å²) >= 11 is 0. The van der Waals surface area contributed by atoms with E-state index < -0.39 is 0 Å². The zero-order valence-corrected chi connectivity index (χ0v) is 23.3. The molecule has 0 saturated heterocycles. The minimum absolute atomic E-state index is 0.885. The van der Waals surface area contributed by atoms with Crippen molar-refractivity contribution in [2.45, 2.75) is 0 Å². The molecule has 0 unspecified atom stereocenters. The molecule has 0 radical (unpaired) electrons. The summed E-state index contributed by atoms with van der Waals surface area (Å²) in [5.41, 5.74) is 9.13. The van der Waals surface area contributed by atoms with Crippen LogP contribution in [-0.2, 0) is 0 Å². The summed E-state index contributed by atoms with van der Waals surface area (Å²) in [6, 6.07) is 50.2. The molecular weight excluding hydrogens is 522 g/mol. The van der Waals surface area contributed by atoms with Gasteiger partial charge in [-0.3, -0.25) is 4.98 Å². The van der Waals surface area contributed by atoms with E-state index in [1.54, 1.807) is 0 Å². The first kappa shape index (κ1) is 23.9. The maximum atomic E-state index is 6.32. The van der Waals surface area contributed by atoms with Crippen molar-refractivity contribution in [3.8, 4) is 33.4 Å². The lowest BCUT2D eigenvalue weighted by Gasteiger charge is -2.18. The van der Waals surface area contributed by atoms with Crippen LogP contribution < -0.4 is 0 Å². The quantitative estimate of drug-likeness (QED) is 0.206. The molecule has 0 spiro atoms. The standard InChI is InChI=1S/C41H25NO/c1-2-9-26(10-3-1)27-11-8-12-29(21-27)40-32-13-4-6-15-34(32)41(35-16-7-5-14-33(35)40)30-17-18-38-36(23-30)37-22-28-19-20-42-25-31(28)24-39(37)43-38/h1-25H. The second kappa shape index (κ2) is 9.40. The highest BCUT2D eigenvalue weighted by molar-refractivity contribution is 6.22. The fourth-order valence-corrected chi connectivity index (χ4v) is 6.75. The van der Waals surface area contributed by atoms with Gasteiger partial charge in [-0.05, 0) is 96.7 Å². The molecule has 0 aliphatic carbocycles. The van der Waals surface area contributed by atoms with Crippen LogP contribution in [0.25, 0.3) is 87.6 Å². The fourth-order valence-electron chi connectivity index (χ4n) is 6.75. The van der Waals surface area contributed by atoms with Gasteiger partial charge in [0, 0.05) is 28.6 Å². The summed E-state index contributed by atoms with van der Waals surface area (Å²) in [5.74, 6) is 0. The molecule has 43 heavy (non-hydrogen) atoms. The topological polar surface area (TPSA) is 26.0 Å². The van der Waals surface area contributed by atoms with Crippen LogP contribution in [0, 0.1) is 0 Å². The molecule has 0 aliphatic rings. The second-order valence-electron chi connectivity index (χ2n) is 11.2. The largest absolute Gasteiger partial charge is 0.456 e. The Morgan fingerprint density at radius 2 is 0.977 bits per heavy atom. The molecular formula is C41H25NO. The predicted octanol–water partition coefficient (Wildman–Crippen LogP) is 11.4. The molecule has 0 amide bonds. The van der Waals surface area contributed by atoms with Crippen LogP contribution in [0.1, 0.15) is 0 Å². The Kier molecular flexibility index (Phi) is 5.23. The highest BCUT2D eigenvalue weighted by atomic mass is 16.3. The van der Waals surface area contributed by atoms with E-state index in [0.29, 0.717) is 0 Å². The lowest BCUT2D eigenvalue weighted by molar-refractivity contribution is 0.669. The number of pyridine rings is 1. The highest BCUT2D eigenvalue weighted by Crippen LogP contribution is 2.45. The summed E-state index contributed by atoms with van der Waals surface area (Å²) in [5, 5.41) is 9.47. The van der Waals surface area contributed by atoms with E-state index in [1.807, 2.05) is 12.4 Å². The van der Waals surface area contributed by atoms with E-state index in [4.69, 9.17) is 4.42 Å². The van der Waals surface area contributed by atoms with Crippen molar-refractivity contribution in [1.29, 1.82) is 0 Å². The number of benzene rings is 7. The lowest BCUT2D eigenvalue weighted by atomic mass is 9.85. The predicted molar refractivity (Wildman–Crippen MR) is 180 cm³/mol. The minimum Gasteiger partial charge on any atom is -0.456 e. The zero-order chi connectivity index (χ0) is 28.3. The molecule has 0 saturated carbocycles. The van der Waals surface area contributed by atoms with E-state index in [9.17, 15) is 0 Å². The van der Waals surface area contributed by atoms with Gasteiger partial charge in [-0.2, -0.15) is 0 Å². The first-order valence-electron chi connectivity index (χ1n) is 14.6. The van der Waals surface area contributed by atoms with E-state index in [2.05, 4.69) is 145 Å². The molecule has 7 aromatic carbocycles. The Hall–Kier alpha value is -5.73. The Morgan fingerprint density at radius 3 is 1.70 bits per heavy atom. The average molecular weight is 548 g/mol. The molecule has 0 aliphatic heterocycles. The van der Waals surface area contributed by atoms with Gasteiger partial charge in [0.05, 0.1) is 0 Å². The minimum atomic E-state index is 0.885. The van der Waals surface area contributed by atoms with Crippen molar-refractivity contribution in [1.82, 2.24) is 4.98 Å². The third-order valence-electron chi connectivity index (χ3n) is 8.71. The molecule has 0 atom stereocenters. The van der Waals surface area contributed by atoms with Crippen molar-refractivity contribution in [2.24, 2.45) is 0 Å². The van der Waals surface area contributed by atoms with Crippen molar-refractivity contribution in [3.05, 3.63) is 152 Å². The summed E-state index contributed by atoms with van der Waals surface area (Å²) in [6.07, 6.45) is 3.74. The number of hydrogen-bond acceptors (Lipinski definition) is 2. The molecule has 9 rings (SSSR count). The smallest absolute Gasteiger partial charge is 0.136 e. The van der Waals surface area contributed by atoms with Crippen molar-refractivity contribution < 1.29 is 4.42 Å². The van der Waals surface area contributed by atoms with Gasteiger partial charge in [-0.15, -0.1) is 0 Å². The van der Waals surface area contributed by atoms with Gasteiger partial charge in [-0.1, -0.05) is 103 Å². The van der Waals surface area contributed by atoms with E-state index in [-0.39, 0.29) is 0 Å². The summed E-state index contributed by atoms with van der Waals surface area (Å²) < 4.78 is 6.32. The van der Waals surface area contributed by atoms with Crippen molar-refractivity contribution >= 4 is 54.3 Å². The average Bonchev–Trinajstić information content (AvgIpc) is 3.43. The first-order chi connectivity index (χ1) is 21.3. The summed E-state index contributed by atoms with van der Waals surface area (Å²) in [4.78, 5) is 4.29. The highest BCUT2D eigenvalue weighted by Gasteiger charge is 2.18. The molecule has 2 heteroatoms. The molecule has 2 heterocycles. The summed E-state index contributed by atoms with van der Waals surface area (Å²) in [7, 11) is 0. The molecule has 2 nitrogen and oxygen atoms in total. The van der Waals surface area contributed by atoms with Crippen molar-refractivity contribution in [3.63, 3.8) is 0 Å². The molecule has 0 bridgehead atoms. The van der Waals surface area contributed by atoms with Gasteiger partial charge in [-0.25, -0.2) is 0 Å². The third kappa shape index (κ3) is 3.77. The van der Waals surface area contributed by atoms with Crippen LogP contribution in [0.2, 0.25) is 0 Å². The molecule has 2 aromatic heterocycles. The van der Waals surface area contributed by atoms with E-state index in [0.717, 1.165) is 32.7 Å². The Balaban J connectivity index is 1.33. The fraction of sp³-hybridized carbons (Fsp3) is 0. The SMILES string of the molecule is c1ccc(-c2cccc(-c3c4ccccc4c(-c4ccc5oc6cc7cnccc7cc6c5c4)c4ccccc34)c2)cc1. The maximum Gasteiger partial charge on any atom is 0.136 e. The van der Waals surface area contributed by atoms with E-state index in [1.165, 1.54) is 54.9 Å². The molecule has 0 fully saturated rings. The summed E-state index contributed by atoms with van der Waals surface area (Å²) in [6.45, 7) is 0. The normalized spacial score (nSPS) is 11.7. The van der Waals surface area contributed by atoms with Crippen molar-refractivity contribution in [2.75, 3.05) is 0 Å². The molecule has 0 N–H and O–H groups in total. The molecule has 9 aromatic rings. The monoisotopic (exact) mass is 547 g/mol. The second-order valence-corrected chi connectivity index (χ2v) is 11.2. The van der Waals surface area contributed by atoms with Gasteiger partial charge >= 0.3 is 0 Å². The number of furan rings is 1.